The van der Waals surface area contributed by atoms with Gasteiger partial charge in [-0.1, -0.05) is 0 Å². The lowest BCUT2D eigenvalue weighted by Crippen LogP contribution is -2.31. The molecule has 2 N–H and O–H groups in total. The average Bonchev–Trinajstić information content (AvgIpc) is 2.42. The lowest BCUT2D eigenvalue weighted by atomic mass is 10.2. The normalized spacial score (nSPS) is 44.8. The third-order valence-electron chi connectivity index (χ3n) is 2.01. The second-order valence-electron chi connectivity index (χ2n) is 3.48. The number of rotatable bonds is 1. The molecule has 2 rings (SSSR count). The molecule has 70 valence electrons. The first-order valence-corrected chi connectivity index (χ1v) is 4.00. The molecule has 2 aliphatic heterocycles. The Morgan fingerprint density at radius 2 is 2.17 bits per heavy atom. The van der Waals surface area contributed by atoms with Gasteiger partial charge in [0.25, 0.3) is 0 Å². The zero-order valence-corrected chi connectivity index (χ0v) is 7.11. The van der Waals surface area contributed by atoms with Crippen molar-refractivity contribution in [2.45, 2.75) is 38.1 Å². The number of nitrogens with one attached hydrogen (secondary N) is 1. The third kappa shape index (κ3) is 1.23. The van der Waals surface area contributed by atoms with Crippen LogP contribution in [-0.2, 0) is 14.3 Å². The fourth-order valence-electron chi connectivity index (χ4n) is 1.51. The Balaban J connectivity index is 2.06. The third-order valence-corrected chi connectivity index (χ3v) is 2.01. The van der Waals surface area contributed by atoms with Crippen LogP contribution >= 0.6 is 0 Å². The van der Waals surface area contributed by atoms with Gasteiger partial charge in [-0.05, 0) is 13.8 Å². The van der Waals surface area contributed by atoms with Crippen LogP contribution in [0.5, 0.6) is 0 Å². The van der Waals surface area contributed by atoms with Crippen molar-refractivity contribution in [1.82, 2.24) is 5.48 Å². The van der Waals surface area contributed by atoms with Gasteiger partial charge in [0.05, 0.1) is 6.61 Å². The molecule has 5 nitrogen and oxygen atoms in total. The summed E-state index contributed by atoms with van der Waals surface area (Å²) in [6.45, 7) is 3.61. The predicted octanol–water partition coefficient (Wildman–Crippen LogP) is -0.640. The van der Waals surface area contributed by atoms with Crippen molar-refractivity contribution >= 4 is 0 Å². The number of aliphatic hydroxyl groups excluding tert-OH is 1. The highest BCUT2D eigenvalue weighted by Gasteiger charge is 2.50. The lowest BCUT2D eigenvalue weighted by molar-refractivity contribution is -0.195. The smallest absolute Gasteiger partial charge is 0.165 e. The number of aliphatic hydroxyl groups is 1. The molecule has 0 bridgehead atoms. The zero-order chi connectivity index (χ0) is 8.77. The molecule has 0 amide bonds. The van der Waals surface area contributed by atoms with E-state index in [-0.39, 0.29) is 25.0 Å². The molecule has 12 heavy (non-hydrogen) atoms. The van der Waals surface area contributed by atoms with Crippen molar-refractivity contribution in [3.8, 4) is 0 Å². The first-order valence-electron chi connectivity index (χ1n) is 4.00. The molecule has 5 heteroatoms. The molecule has 1 unspecified atom stereocenters. The van der Waals surface area contributed by atoms with Crippen molar-refractivity contribution in [2.75, 3.05) is 6.61 Å². The molecule has 0 radical (unpaired) electrons. The summed E-state index contributed by atoms with van der Waals surface area (Å²) in [6, 6.07) is 0. The SMILES string of the molecule is CC1(C)O[C@H]2NOC(CO)[C@H]2O1. The lowest BCUT2D eigenvalue weighted by Gasteiger charge is -2.19. The van der Waals surface area contributed by atoms with Gasteiger partial charge < -0.3 is 14.6 Å². The maximum Gasteiger partial charge on any atom is 0.165 e. The Morgan fingerprint density at radius 3 is 2.83 bits per heavy atom. The highest BCUT2D eigenvalue weighted by molar-refractivity contribution is 4.87. The molecule has 0 aromatic carbocycles. The second kappa shape index (κ2) is 2.65. The van der Waals surface area contributed by atoms with Crippen LogP contribution in [0.3, 0.4) is 0 Å². The van der Waals surface area contributed by atoms with Gasteiger partial charge in [-0.15, -0.1) is 0 Å². The minimum absolute atomic E-state index is 0.0619. The quantitative estimate of drug-likeness (QED) is 0.555. The van der Waals surface area contributed by atoms with Gasteiger partial charge in [-0.3, -0.25) is 4.84 Å². The monoisotopic (exact) mass is 175 g/mol. The Bertz CT molecular complexity index is 184. The van der Waals surface area contributed by atoms with Gasteiger partial charge in [0, 0.05) is 0 Å². The van der Waals surface area contributed by atoms with E-state index in [1.807, 2.05) is 13.8 Å². The summed E-state index contributed by atoms with van der Waals surface area (Å²) in [4.78, 5) is 5.01. The van der Waals surface area contributed by atoms with E-state index in [2.05, 4.69) is 5.48 Å². The van der Waals surface area contributed by atoms with Crippen LogP contribution in [-0.4, -0.2) is 35.9 Å². The molecular weight excluding hydrogens is 162 g/mol. The molecule has 0 aliphatic carbocycles. The zero-order valence-electron chi connectivity index (χ0n) is 7.11. The fourth-order valence-corrected chi connectivity index (χ4v) is 1.51. The van der Waals surface area contributed by atoms with Gasteiger partial charge in [-0.25, -0.2) is 0 Å². The molecule has 0 aromatic heterocycles. The molecule has 2 aliphatic rings. The van der Waals surface area contributed by atoms with Crippen LogP contribution < -0.4 is 5.48 Å². The standard InChI is InChI=1S/C7H13NO4/c1-7(2)10-5-4(3-9)12-8-6(5)11-7/h4-6,8-9H,3H2,1-2H3/t4?,5-,6-/m1/s1. The number of hydroxylamine groups is 1. The van der Waals surface area contributed by atoms with E-state index in [1.165, 1.54) is 0 Å². The maximum absolute atomic E-state index is 8.88. The van der Waals surface area contributed by atoms with E-state index in [9.17, 15) is 0 Å². The summed E-state index contributed by atoms with van der Waals surface area (Å²) >= 11 is 0. The van der Waals surface area contributed by atoms with Crippen molar-refractivity contribution in [3.63, 3.8) is 0 Å². The maximum atomic E-state index is 8.88. The number of hydrogen-bond acceptors (Lipinski definition) is 5. The number of hydrogen-bond donors (Lipinski definition) is 2. The van der Waals surface area contributed by atoms with Crippen molar-refractivity contribution in [3.05, 3.63) is 0 Å². The molecular formula is C7H13NO4. The van der Waals surface area contributed by atoms with Crippen molar-refractivity contribution in [1.29, 1.82) is 0 Å². The van der Waals surface area contributed by atoms with E-state index < -0.39 is 5.79 Å². The van der Waals surface area contributed by atoms with Gasteiger partial charge in [0.15, 0.2) is 12.0 Å². The summed E-state index contributed by atoms with van der Waals surface area (Å²) in [7, 11) is 0. The molecule has 2 heterocycles. The van der Waals surface area contributed by atoms with Gasteiger partial charge in [-0.2, -0.15) is 5.48 Å². The minimum atomic E-state index is -0.584. The average molecular weight is 175 g/mol. The Kier molecular flexibility index (Phi) is 1.85. The van der Waals surface area contributed by atoms with Crippen LogP contribution in [0.2, 0.25) is 0 Å². The molecule has 0 saturated carbocycles. The summed E-state index contributed by atoms with van der Waals surface area (Å²) in [5.41, 5.74) is 2.67. The fraction of sp³-hybridized carbons (Fsp3) is 1.00. The molecule has 2 fully saturated rings. The van der Waals surface area contributed by atoms with Crippen molar-refractivity contribution < 1.29 is 19.4 Å². The van der Waals surface area contributed by atoms with Gasteiger partial charge >= 0.3 is 0 Å². The Morgan fingerprint density at radius 1 is 1.42 bits per heavy atom. The Hall–Kier alpha value is -0.200. The van der Waals surface area contributed by atoms with Crippen LogP contribution in [0.4, 0.5) is 0 Å². The minimum Gasteiger partial charge on any atom is -0.393 e. The van der Waals surface area contributed by atoms with E-state index in [0.717, 1.165) is 0 Å². The first-order chi connectivity index (χ1) is 5.62. The highest BCUT2D eigenvalue weighted by atomic mass is 16.8. The highest BCUT2D eigenvalue weighted by Crippen LogP contribution is 2.32. The van der Waals surface area contributed by atoms with Crippen LogP contribution in [0.25, 0.3) is 0 Å². The van der Waals surface area contributed by atoms with Gasteiger partial charge in [0.2, 0.25) is 0 Å². The van der Waals surface area contributed by atoms with Crippen LogP contribution in [0, 0.1) is 0 Å². The Labute approximate surface area is 70.6 Å². The summed E-state index contributed by atoms with van der Waals surface area (Å²) < 4.78 is 10.9. The van der Waals surface area contributed by atoms with Crippen LogP contribution in [0.15, 0.2) is 0 Å². The molecule has 3 atom stereocenters. The summed E-state index contributed by atoms with van der Waals surface area (Å²) in [5.74, 6) is -0.584. The molecule has 0 aromatic rings. The van der Waals surface area contributed by atoms with E-state index in [0.29, 0.717) is 0 Å². The largest absolute Gasteiger partial charge is 0.393 e. The summed E-state index contributed by atoms with van der Waals surface area (Å²) in [5, 5.41) is 8.88. The van der Waals surface area contributed by atoms with E-state index >= 15 is 0 Å². The number of ether oxygens (including phenoxy) is 2. The van der Waals surface area contributed by atoms with Crippen molar-refractivity contribution in [2.24, 2.45) is 0 Å². The molecule has 2 saturated heterocycles. The topological polar surface area (TPSA) is 60.0 Å². The predicted molar refractivity (Wildman–Crippen MR) is 38.9 cm³/mol. The molecule has 0 spiro atoms. The first kappa shape index (κ1) is 8.40. The van der Waals surface area contributed by atoms with Crippen LogP contribution in [0.1, 0.15) is 13.8 Å². The second-order valence-corrected chi connectivity index (χ2v) is 3.48. The summed E-state index contributed by atoms with van der Waals surface area (Å²) in [6.07, 6.45) is -0.779. The van der Waals surface area contributed by atoms with Gasteiger partial charge in [0.1, 0.15) is 12.2 Å². The van der Waals surface area contributed by atoms with E-state index in [4.69, 9.17) is 19.4 Å². The number of fused-ring (bicyclic) bond motifs is 1. The van der Waals surface area contributed by atoms with E-state index in [1.54, 1.807) is 0 Å².